The summed E-state index contributed by atoms with van der Waals surface area (Å²) in [5, 5.41) is 9.37. The zero-order valence-electron chi connectivity index (χ0n) is 8.39. The highest BCUT2D eigenvalue weighted by Crippen LogP contribution is 2.14. The number of halogens is 1. The van der Waals surface area contributed by atoms with Gasteiger partial charge in [0.2, 0.25) is 6.10 Å². The Kier molecular flexibility index (Phi) is 3.10. The highest BCUT2D eigenvalue weighted by atomic mass is 35.5. The second-order valence-corrected chi connectivity index (χ2v) is 3.92. The summed E-state index contributed by atoms with van der Waals surface area (Å²) < 4.78 is 5.17. The second kappa shape index (κ2) is 4.53. The van der Waals surface area contributed by atoms with Crippen molar-refractivity contribution in [1.82, 2.24) is 0 Å². The first-order valence-electron chi connectivity index (χ1n) is 4.82. The minimum atomic E-state index is -0.982. The van der Waals surface area contributed by atoms with Gasteiger partial charge in [0.25, 0.3) is 0 Å². The van der Waals surface area contributed by atoms with E-state index in [1.165, 1.54) is 0 Å². The average Bonchev–Trinajstić information content (AvgIpc) is 2.66. The highest BCUT2D eigenvalue weighted by Gasteiger charge is 2.26. The van der Waals surface area contributed by atoms with Gasteiger partial charge in [-0.2, -0.15) is 0 Å². The van der Waals surface area contributed by atoms with Crippen LogP contribution >= 0.6 is 11.6 Å². The lowest BCUT2D eigenvalue weighted by atomic mass is 10.1. The van der Waals surface area contributed by atoms with Gasteiger partial charge in [0.1, 0.15) is 0 Å². The molecule has 1 aromatic carbocycles. The van der Waals surface area contributed by atoms with Crippen LogP contribution in [0.2, 0.25) is 5.02 Å². The van der Waals surface area contributed by atoms with Crippen molar-refractivity contribution in [3.63, 3.8) is 0 Å². The summed E-state index contributed by atoms with van der Waals surface area (Å²) in [6.45, 7) is 0.186. The van der Waals surface area contributed by atoms with E-state index in [9.17, 15) is 4.79 Å². The van der Waals surface area contributed by atoms with Gasteiger partial charge in [-0.05, 0) is 17.7 Å². The van der Waals surface area contributed by atoms with Crippen molar-refractivity contribution in [3.05, 3.63) is 34.9 Å². The Labute approximate surface area is 97.5 Å². The van der Waals surface area contributed by atoms with E-state index in [1.54, 1.807) is 6.07 Å². The first kappa shape index (κ1) is 11.0. The normalized spacial score (nSPS) is 19.1. The number of carbonyl (C=O) groups is 1. The maximum atomic E-state index is 10.6. The van der Waals surface area contributed by atoms with E-state index in [4.69, 9.17) is 21.4 Å². The first-order chi connectivity index (χ1) is 7.65. The summed E-state index contributed by atoms with van der Waals surface area (Å²) in [6, 6.07) is 7.32. The molecule has 5 heteroatoms. The summed E-state index contributed by atoms with van der Waals surface area (Å²) in [7, 11) is 0. The van der Waals surface area contributed by atoms with Gasteiger partial charge in [0.05, 0.1) is 6.54 Å². The molecule has 1 heterocycles. The van der Waals surface area contributed by atoms with Gasteiger partial charge < -0.3 is 9.84 Å². The van der Waals surface area contributed by atoms with Crippen LogP contribution in [0.1, 0.15) is 5.56 Å². The van der Waals surface area contributed by atoms with Crippen LogP contribution < -0.4 is 0 Å². The summed E-state index contributed by atoms with van der Waals surface area (Å²) >= 11 is 5.83. The van der Waals surface area contributed by atoms with E-state index in [1.807, 2.05) is 18.2 Å². The number of carboxylic acid groups (broad SMARTS) is 1. The Morgan fingerprint density at radius 3 is 3.06 bits per heavy atom. The molecule has 1 aromatic rings. The van der Waals surface area contributed by atoms with Crippen molar-refractivity contribution < 1.29 is 14.6 Å². The fourth-order valence-electron chi connectivity index (χ4n) is 1.47. The molecule has 0 radical (unpaired) electrons. The molecule has 0 aliphatic carbocycles. The average molecular weight is 240 g/mol. The Morgan fingerprint density at radius 2 is 2.44 bits per heavy atom. The van der Waals surface area contributed by atoms with E-state index < -0.39 is 12.1 Å². The molecule has 0 saturated carbocycles. The summed E-state index contributed by atoms with van der Waals surface area (Å²) in [5.74, 6) is -0.528. The van der Waals surface area contributed by atoms with Crippen LogP contribution in [-0.2, 0) is 16.0 Å². The largest absolute Gasteiger partial charge is 0.478 e. The molecule has 1 aliphatic heterocycles. The smallest absolute Gasteiger partial charge is 0.346 e. The van der Waals surface area contributed by atoms with E-state index in [-0.39, 0.29) is 6.54 Å². The molecule has 0 amide bonds. The molecule has 16 heavy (non-hydrogen) atoms. The molecular formula is C11H10ClNO3. The molecule has 0 spiro atoms. The Balaban J connectivity index is 1.99. The van der Waals surface area contributed by atoms with Crippen LogP contribution in [0.5, 0.6) is 0 Å². The molecule has 1 atom stereocenters. The quantitative estimate of drug-likeness (QED) is 0.875. The van der Waals surface area contributed by atoms with E-state index in [0.717, 1.165) is 5.56 Å². The number of hydrogen-bond acceptors (Lipinski definition) is 3. The van der Waals surface area contributed by atoms with Crippen LogP contribution in [0.4, 0.5) is 0 Å². The number of ether oxygens (including phenoxy) is 1. The molecule has 1 unspecified atom stereocenters. The monoisotopic (exact) mass is 239 g/mol. The van der Waals surface area contributed by atoms with Crippen molar-refractivity contribution in [2.45, 2.75) is 12.5 Å². The molecule has 0 fully saturated rings. The molecule has 0 aromatic heterocycles. The van der Waals surface area contributed by atoms with Crippen molar-refractivity contribution in [2.75, 3.05) is 6.54 Å². The van der Waals surface area contributed by atoms with Gasteiger partial charge in [-0.15, -0.1) is 0 Å². The molecule has 0 bridgehead atoms. The maximum Gasteiger partial charge on any atom is 0.346 e. The van der Waals surface area contributed by atoms with Crippen molar-refractivity contribution in [2.24, 2.45) is 4.99 Å². The minimum Gasteiger partial charge on any atom is -0.478 e. The Bertz CT molecular complexity index is 445. The summed E-state index contributed by atoms with van der Waals surface area (Å²) in [6.07, 6.45) is -0.362. The Hall–Kier alpha value is -1.55. The molecular weight excluding hydrogens is 230 g/mol. The Morgan fingerprint density at radius 1 is 1.62 bits per heavy atom. The summed E-state index contributed by atoms with van der Waals surface area (Å²) in [4.78, 5) is 14.7. The van der Waals surface area contributed by atoms with Crippen molar-refractivity contribution in [1.29, 1.82) is 0 Å². The molecule has 1 aliphatic rings. The molecule has 0 saturated heterocycles. The SMILES string of the molecule is O=C(O)C1CN=C(Cc2cccc(Cl)c2)O1. The van der Waals surface area contributed by atoms with E-state index >= 15 is 0 Å². The predicted molar refractivity (Wildman–Crippen MR) is 60.0 cm³/mol. The maximum absolute atomic E-state index is 10.6. The third-order valence-corrected chi connectivity index (χ3v) is 2.47. The number of aliphatic carboxylic acids is 1. The van der Waals surface area contributed by atoms with Crippen LogP contribution in [0, 0.1) is 0 Å². The number of nitrogens with zero attached hydrogens (tertiary/aromatic N) is 1. The number of benzene rings is 1. The summed E-state index contributed by atoms with van der Waals surface area (Å²) in [5.41, 5.74) is 0.956. The van der Waals surface area contributed by atoms with Gasteiger partial charge in [0.15, 0.2) is 5.90 Å². The van der Waals surface area contributed by atoms with Crippen LogP contribution in [-0.4, -0.2) is 29.6 Å². The number of carboxylic acids is 1. The lowest BCUT2D eigenvalue weighted by Gasteiger charge is -2.06. The zero-order chi connectivity index (χ0) is 11.5. The van der Waals surface area contributed by atoms with Crippen LogP contribution in [0.15, 0.2) is 29.3 Å². The second-order valence-electron chi connectivity index (χ2n) is 3.49. The molecule has 84 valence electrons. The number of aliphatic imine (C=N–C) groups is 1. The zero-order valence-corrected chi connectivity index (χ0v) is 9.15. The molecule has 4 nitrogen and oxygen atoms in total. The van der Waals surface area contributed by atoms with Gasteiger partial charge >= 0.3 is 5.97 Å². The van der Waals surface area contributed by atoms with Crippen LogP contribution in [0.3, 0.4) is 0 Å². The third kappa shape index (κ3) is 2.52. The van der Waals surface area contributed by atoms with Gasteiger partial charge in [-0.1, -0.05) is 23.7 Å². The number of hydrogen-bond donors (Lipinski definition) is 1. The van der Waals surface area contributed by atoms with E-state index in [0.29, 0.717) is 17.3 Å². The minimum absolute atomic E-state index is 0.186. The van der Waals surface area contributed by atoms with Gasteiger partial charge in [0, 0.05) is 11.4 Å². The van der Waals surface area contributed by atoms with E-state index in [2.05, 4.69) is 4.99 Å². The fraction of sp³-hybridized carbons (Fsp3) is 0.273. The standard InChI is InChI=1S/C11H10ClNO3/c12-8-3-1-2-7(4-8)5-10-13-6-9(16-10)11(14)15/h1-4,9H,5-6H2,(H,14,15). The lowest BCUT2D eigenvalue weighted by Crippen LogP contribution is -2.24. The first-order valence-corrected chi connectivity index (χ1v) is 5.20. The van der Waals surface area contributed by atoms with Crippen LogP contribution in [0.25, 0.3) is 0 Å². The van der Waals surface area contributed by atoms with Gasteiger partial charge in [-0.3, -0.25) is 4.99 Å². The molecule has 1 N–H and O–H groups in total. The number of rotatable bonds is 3. The molecule has 2 rings (SSSR count). The van der Waals surface area contributed by atoms with Crippen molar-refractivity contribution in [3.8, 4) is 0 Å². The highest BCUT2D eigenvalue weighted by molar-refractivity contribution is 6.30. The fourth-order valence-corrected chi connectivity index (χ4v) is 1.68. The topological polar surface area (TPSA) is 58.9 Å². The van der Waals surface area contributed by atoms with Crippen molar-refractivity contribution >= 4 is 23.5 Å². The third-order valence-electron chi connectivity index (χ3n) is 2.23. The van der Waals surface area contributed by atoms with Gasteiger partial charge in [-0.25, -0.2) is 4.79 Å². The lowest BCUT2D eigenvalue weighted by molar-refractivity contribution is -0.144. The predicted octanol–water partition coefficient (Wildman–Crippen LogP) is 1.76.